The Balaban J connectivity index is 1.59. The highest BCUT2D eigenvalue weighted by molar-refractivity contribution is 6.30. The monoisotopic (exact) mass is 330 g/mol. The van der Waals surface area contributed by atoms with Crippen molar-refractivity contribution in [3.63, 3.8) is 0 Å². The van der Waals surface area contributed by atoms with Gasteiger partial charge in [0, 0.05) is 25.1 Å². The average molecular weight is 331 g/mol. The first kappa shape index (κ1) is 15.9. The van der Waals surface area contributed by atoms with Crippen LogP contribution in [0.25, 0.3) is 0 Å². The number of nitrogens with zero attached hydrogens (tertiary/aromatic N) is 3. The smallest absolute Gasteiger partial charge is 0.242 e. The number of pyridine rings is 2. The Morgan fingerprint density at radius 3 is 2.96 bits per heavy atom. The number of aromatic nitrogens is 2. The maximum Gasteiger partial charge on any atom is 0.242 e. The third kappa shape index (κ3) is 3.86. The van der Waals surface area contributed by atoms with Crippen LogP contribution in [-0.2, 0) is 4.79 Å². The molecule has 3 rings (SSSR count). The third-order valence-electron chi connectivity index (χ3n) is 4.28. The van der Waals surface area contributed by atoms with Gasteiger partial charge in [-0.15, -0.1) is 0 Å². The first-order valence-corrected chi connectivity index (χ1v) is 8.07. The molecule has 6 heteroatoms. The van der Waals surface area contributed by atoms with Gasteiger partial charge in [-0.05, 0) is 49.6 Å². The molecule has 2 aromatic rings. The largest absolute Gasteiger partial charge is 0.309 e. The zero-order valence-electron chi connectivity index (χ0n) is 12.9. The molecule has 23 heavy (non-hydrogen) atoms. The van der Waals surface area contributed by atoms with Crippen LogP contribution in [0.15, 0.2) is 42.9 Å². The molecule has 1 amide bonds. The van der Waals surface area contributed by atoms with Gasteiger partial charge in [-0.3, -0.25) is 14.7 Å². The van der Waals surface area contributed by atoms with Gasteiger partial charge in [0.2, 0.25) is 5.91 Å². The minimum Gasteiger partial charge on any atom is -0.309 e. The molecule has 1 fully saturated rings. The van der Waals surface area contributed by atoms with E-state index in [1.54, 1.807) is 18.3 Å². The van der Waals surface area contributed by atoms with E-state index in [-0.39, 0.29) is 11.9 Å². The lowest BCUT2D eigenvalue weighted by Crippen LogP contribution is -2.40. The predicted molar refractivity (Wildman–Crippen MR) is 90.5 cm³/mol. The van der Waals surface area contributed by atoms with Gasteiger partial charge in [0.25, 0.3) is 0 Å². The van der Waals surface area contributed by atoms with Gasteiger partial charge < -0.3 is 5.32 Å². The van der Waals surface area contributed by atoms with Crippen LogP contribution >= 0.6 is 11.6 Å². The molecule has 3 heterocycles. The number of amides is 1. The van der Waals surface area contributed by atoms with E-state index < -0.39 is 0 Å². The highest BCUT2D eigenvalue weighted by Crippen LogP contribution is 2.28. The molecule has 1 aliphatic rings. The van der Waals surface area contributed by atoms with Crippen molar-refractivity contribution in [1.29, 1.82) is 0 Å². The summed E-state index contributed by atoms with van der Waals surface area (Å²) in [4.78, 5) is 22.9. The molecule has 2 aromatic heterocycles. The van der Waals surface area contributed by atoms with Crippen LogP contribution in [0.2, 0.25) is 5.02 Å². The van der Waals surface area contributed by atoms with Crippen LogP contribution in [0.4, 0.5) is 5.82 Å². The lowest BCUT2D eigenvalue weighted by atomic mass is 10.0. The number of halogens is 1. The fourth-order valence-corrected chi connectivity index (χ4v) is 2.99. The topological polar surface area (TPSA) is 58.1 Å². The molecule has 5 nitrogen and oxygen atoms in total. The van der Waals surface area contributed by atoms with Gasteiger partial charge in [-0.2, -0.15) is 0 Å². The molecule has 120 valence electrons. The molecular weight excluding hydrogens is 312 g/mol. The van der Waals surface area contributed by atoms with Crippen molar-refractivity contribution in [2.45, 2.75) is 25.3 Å². The molecule has 2 atom stereocenters. The van der Waals surface area contributed by atoms with Crippen molar-refractivity contribution < 1.29 is 4.79 Å². The lowest BCUT2D eigenvalue weighted by Gasteiger charge is -2.23. The lowest BCUT2D eigenvalue weighted by molar-refractivity contribution is -0.120. The van der Waals surface area contributed by atoms with E-state index in [1.807, 2.05) is 19.2 Å². The SMILES string of the molecule is CC(C(=O)Nc1ccc(Cl)cn1)N1CCC(c2cccnc2)C1. The summed E-state index contributed by atoms with van der Waals surface area (Å²) < 4.78 is 0. The standard InChI is InChI=1S/C17H19ClN4O/c1-12(17(23)21-16-5-4-15(18)10-20-16)22-8-6-14(11-22)13-3-2-7-19-9-13/h2-5,7,9-10,12,14H,6,8,11H2,1H3,(H,20,21,23). The van der Waals surface area contributed by atoms with Crippen molar-refractivity contribution >= 4 is 23.3 Å². The minimum atomic E-state index is -0.200. The van der Waals surface area contributed by atoms with Crippen LogP contribution in [0.5, 0.6) is 0 Å². The van der Waals surface area contributed by atoms with E-state index in [2.05, 4.69) is 26.3 Å². The van der Waals surface area contributed by atoms with E-state index in [9.17, 15) is 4.79 Å². The number of anilines is 1. The van der Waals surface area contributed by atoms with Crippen LogP contribution in [-0.4, -0.2) is 39.9 Å². The van der Waals surface area contributed by atoms with Gasteiger partial charge in [-0.1, -0.05) is 17.7 Å². The Morgan fingerprint density at radius 1 is 1.39 bits per heavy atom. The molecule has 0 bridgehead atoms. The molecule has 0 saturated carbocycles. The molecular formula is C17H19ClN4O. The zero-order valence-corrected chi connectivity index (χ0v) is 13.7. The number of nitrogens with one attached hydrogen (secondary N) is 1. The molecule has 2 unspecified atom stereocenters. The van der Waals surface area contributed by atoms with E-state index in [1.165, 1.54) is 11.8 Å². The Hall–Kier alpha value is -1.98. The molecule has 0 aliphatic carbocycles. The zero-order chi connectivity index (χ0) is 16.2. The quantitative estimate of drug-likeness (QED) is 0.936. The number of hydrogen-bond acceptors (Lipinski definition) is 4. The second-order valence-corrected chi connectivity index (χ2v) is 6.23. The van der Waals surface area contributed by atoms with Crippen molar-refractivity contribution in [3.05, 3.63) is 53.4 Å². The van der Waals surface area contributed by atoms with Crippen LogP contribution < -0.4 is 5.32 Å². The summed E-state index contributed by atoms with van der Waals surface area (Å²) in [5.41, 5.74) is 1.24. The third-order valence-corrected chi connectivity index (χ3v) is 4.50. The Bertz CT molecular complexity index is 662. The fraction of sp³-hybridized carbons (Fsp3) is 0.353. The summed E-state index contributed by atoms with van der Waals surface area (Å²) in [5, 5.41) is 3.39. The molecule has 1 aliphatic heterocycles. The Labute approximate surface area is 140 Å². The van der Waals surface area contributed by atoms with Crippen LogP contribution in [0.1, 0.15) is 24.8 Å². The van der Waals surface area contributed by atoms with E-state index in [0.717, 1.165) is 19.5 Å². The average Bonchev–Trinajstić information content (AvgIpc) is 3.07. The maximum absolute atomic E-state index is 12.4. The second-order valence-electron chi connectivity index (χ2n) is 5.79. The van der Waals surface area contributed by atoms with Crippen LogP contribution in [0, 0.1) is 0 Å². The Morgan fingerprint density at radius 2 is 2.26 bits per heavy atom. The van der Waals surface area contributed by atoms with E-state index in [4.69, 9.17) is 11.6 Å². The first-order chi connectivity index (χ1) is 11.1. The number of carbonyl (C=O) groups is 1. The highest BCUT2D eigenvalue weighted by Gasteiger charge is 2.30. The number of hydrogen-bond donors (Lipinski definition) is 1. The summed E-state index contributed by atoms with van der Waals surface area (Å²) in [6.45, 7) is 3.70. The number of rotatable bonds is 4. The van der Waals surface area contributed by atoms with Gasteiger partial charge >= 0.3 is 0 Å². The first-order valence-electron chi connectivity index (χ1n) is 7.70. The number of likely N-dealkylation sites (tertiary alicyclic amines) is 1. The van der Waals surface area contributed by atoms with E-state index in [0.29, 0.717) is 16.8 Å². The van der Waals surface area contributed by atoms with Crippen molar-refractivity contribution in [2.75, 3.05) is 18.4 Å². The minimum absolute atomic E-state index is 0.0494. The summed E-state index contributed by atoms with van der Waals surface area (Å²) in [5.74, 6) is 0.911. The second kappa shape index (κ2) is 7.06. The summed E-state index contributed by atoms with van der Waals surface area (Å²) >= 11 is 5.80. The van der Waals surface area contributed by atoms with Crippen molar-refractivity contribution in [2.24, 2.45) is 0 Å². The predicted octanol–water partition coefficient (Wildman–Crippen LogP) is 2.95. The summed E-state index contributed by atoms with van der Waals surface area (Å²) in [7, 11) is 0. The molecule has 0 radical (unpaired) electrons. The van der Waals surface area contributed by atoms with Gasteiger partial charge in [0.1, 0.15) is 5.82 Å². The molecule has 0 spiro atoms. The van der Waals surface area contributed by atoms with Crippen molar-refractivity contribution in [3.8, 4) is 0 Å². The summed E-state index contributed by atoms with van der Waals surface area (Å²) in [6, 6.07) is 7.27. The molecule has 0 aromatic carbocycles. The maximum atomic E-state index is 12.4. The fourth-order valence-electron chi connectivity index (χ4n) is 2.87. The van der Waals surface area contributed by atoms with Crippen LogP contribution in [0.3, 0.4) is 0 Å². The molecule has 1 N–H and O–H groups in total. The van der Waals surface area contributed by atoms with Gasteiger partial charge in [-0.25, -0.2) is 4.98 Å². The Kier molecular flexibility index (Phi) is 4.88. The normalized spacial score (nSPS) is 19.5. The van der Waals surface area contributed by atoms with Crippen molar-refractivity contribution in [1.82, 2.24) is 14.9 Å². The molecule has 1 saturated heterocycles. The van der Waals surface area contributed by atoms with Gasteiger partial charge in [0.15, 0.2) is 0 Å². The number of carbonyl (C=O) groups excluding carboxylic acids is 1. The van der Waals surface area contributed by atoms with E-state index >= 15 is 0 Å². The highest BCUT2D eigenvalue weighted by atomic mass is 35.5. The summed E-state index contributed by atoms with van der Waals surface area (Å²) in [6.07, 6.45) is 6.26. The van der Waals surface area contributed by atoms with Gasteiger partial charge in [0.05, 0.1) is 11.1 Å².